The van der Waals surface area contributed by atoms with Gasteiger partial charge in [-0.05, 0) is 87.9 Å². The second-order valence-corrected chi connectivity index (χ2v) is 12.3. The van der Waals surface area contributed by atoms with Crippen LogP contribution < -0.4 is 15.0 Å². The molecule has 0 spiro atoms. The van der Waals surface area contributed by atoms with Crippen LogP contribution in [0.4, 0.5) is 30.5 Å². The van der Waals surface area contributed by atoms with Gasteiger partial charge in [0.1, 0.15) is 11.5 Å². The Balaban J connectivity index is 1.20. The van der Waals surface area contributed by atoms with Crippen molar-refractivity contribution in [2.24, 2.45) is 0 Å². The Morgan fingerprint density at radius 3 is 2.51 bits per heavy atom. The maximum atomic E-state index is 14.0. The topological polar surface area (TPSA) is 70.6 Å². The number of carbonyl (C=O) groups excluding carboxylic acids is 1. The molecule has 1 aromatic heterocycles. The van der Waals surface area contributed by atoms with E-state index in [0.29, 0.717) is 30.3 Å². The van der Waals surface area contributed by atoms with Gasteiger partial charge in [0, 0.05) is 48.9 Å². The third-order valence-corrected chi connectivity index (χ3v) is 9.38. The zero-order valence-electron chi connectivity index (χ0n) is 24.9. The number of halogens is 3. The first-order chi connectivity index (χ1) is 20.5. The van der Waals surface area contributed by atoms with Gasteiger partial charge in [0.15, 0.2) is 0 Å². The van der Waals surface area contributed by atoms with Crippen LogP contribution in [0.5, 0.6) is 5.75 Å². The maximum absolute atomic E-state index is 14.0. The SMILES string of the molecule is COc1cc(N2CCC(N3CCC3)CC2)ccc1Nc1ncc(C(F)(F)F)c(CCc2cccc3c2C(C)(C)C(=O)C3)n1. The maximum Gasteiger partial charge on any atom is 0.419 e. The summed E-state index contributed by atoms with van der Waals surface area (Å²) in [6.07, 6.45) is 0.533. The Morgan fingerprint density at radius 1 is 1.07 bits per heavy atom. The van der Waals surface area contributed by atoms with Gasteiger partial charge in [-0.25, -0.2) is 9.97 Å². The van der Waals surface area contributed by atoms with E-state index in [2.05, 4.69) is 25.1 Å². The minimum Gasteiger partial charge on any atom is -0.494 e. The van der Waals surface area contributed by atoms with Gasteiger partial charge in [-0.1, -0.05) is 18.2 Å². The molecule has 0 bridgehead atoms. The molecule has 0 atom stereocenters. The molecule has 0 amide bonds. The molecule has 2 aliphatic heterocycles. The number of aromatic nitrogens is 2. The molecule has 228 valence electrons. The molecule has 2 saturated heterocycles. The number of hydrogen-bond donors (Lipinski definition) is 1. The molecule has 7 nitrogen and oxygen atoms in total. The first-order valence-electron chi connectivity index (χ1n) is 15.1. The lowest BCUT2D eigenvalue weighted by atomic mass is 9.81. The lowest BCUT2D eigenvalue weighted by molar-refractivity contribution is -0.138. The van der Waals surface area contributed by atoms with Crippen LogP contribution in [0.2, 0.25) is 0 Å². The van der Waals surface area contributed by atoms with Gasteiger partial charge in [-0.15, -0.1) is 0 Å². The summed E-state index contributed by atoms with van der Waals surface area (Å²) in [5, 5.41) is 3.08. The molecule has 2 aromatic carbocycles. The summed E-state index contributed by atoms with van der Waals surface area (Å²) in [5.74, 6) is 0.757. The Hall–Kier alpha value is -3.66. The minimum atomic E-state index is -4.59. The van der Waals surface area contributed by atoms with Crippen LogP contribution in [0.1, 0.15) is 61.1 Å². The first kappa shape index (κ1) is 29.4. The third kappa shape index (κ3) is 5.81. The van der Waals surface area contributed by atoms with Crippen molar-refractivity contribution in [2.45, 2.75) is 70.0 Å². The Morgan fingerprint density at radius 2 is 1.84 bits per heavy atom. The van der Waals surface area contributed by atoms with Crippen molar-refractivity contribution in [3.8, 4) is 5.75 Å². The fourth-order valence-electron chi connectivity index (χ4n) is 6.80. The van der Waals surface area contributed by atoms with E-state index in [-0.39, 0.29) is 23.8 Å². The number of Topliss-reactive ketones (excluding diaryl/α,β-unsaturated/α-hetero) is 1. The highest BCUT2D eigenvalue weighted by Crippen LogP contribution is 2.39. The molecule has 0 radical (unpaired) electrons. The molecule has 6 rings (SSSR count). The molecular weight excluding hydrogens is 555 g/mol. The van der Waals surface area contributed by atoms with Gasteiger partial charge in [0.2, 0.25) is 5.95 Å². The van der Waals surface area contributed by atoms with Crippen LogP contribution in [0, 0.1) is 0 Å². The Labute approximate surface area is 250 Å². The number of rotatable bonds is 8. The van der Waals surface area contributed by atoms with E-state index in [1.807, 2.05) is 50.2 Å². The second kappa shape index (κ2) is 11.4. The quantitative estimate of drug-likeness (QED) is 0.338. The zero-order valence-corrected chi connectivity index (χ0v) is 24.9. The van der Waals surface area contributed by atoms with Crippen LogP contribution in [0.25, 0.3) is 0 Å². The number of benzene rings is 2. The number of likely N-dealkylation sites (tertiary alicyclic amines) is 1. The Bertz CT molecular complexity index is 1510. The van der Waals surface area contributed by atoms with Gasteiger partial charge in [0.25, 0.3) is 0 Å². The predicted molar refractivity (Wildman–Crippen MR) is 160 cm³/mol. The van der Waals surface area contributed by atoms with Crippen LogP contribution in [-0.4, -0.2) is 60.0 Å². The van der Waals surface area contributed by atoms with E-state index in [1.165, 1.54) is 19.5 Å². The van der Waals surface area contributed by atoms with E-state index in [0.717, 1.165) is 54.5 Å². The highest BCUT2D eigenvalue weighted by Gasteiger charge is 2.40. The number of carbonyl (C=O) groups is 1. The van der Waals surface area contributed by atoms with E-state index >= 15 is 0 Å². The molecule has 0 unspecified atom stereocenters. The third-order valence-electron chi connectivity index (χ3n) is 9.38. The second-order valence-electron chi connectivity index (χ2n) is 12.3. The normalized spacial score (nSPS) is 18.8. The standard InChI is InChI=1S/C33H38F3N5O2/c1-32(2)29(42)18-22-7-4-6-21(30(22)32)8-10-26-25(33(34,35)36)20-37-31(38-26)39-27-11-9-24(19-28(27)43-3)41-16-12-23(13-17-41)40-14-5-15-40/h4,6-7,9,11,19-20,23H,5,8,10,12-18H2,1-3H3,(H,37,38,39). The summed E-state index contributed by atoms with van der Waals surface area (Å²) in [6, 6.07) is 12.2. The molecule has 2 fully saturated rings. The van der Waals surface area contributed by atoms with Crippen LogP contribution in [0.15, 0.2) is 42.6 Å². The lowest BCUT2D eigenvalue weighted by Gasteiger charge is -2.43. The number of fused-ring (bicyclic) bond motifs is 1. The van der Waals surface area contributed by atoms with Crippen molar-refractivity contribution in [1.29, 1.82) is 0 Å². The number of aryl methyl sites for hydroxylation is 2. The molecule has 43 heavy (non-hydrogen) atoms. The van der Waals surface area contributed by atoms with Crippen molar-refractivity contribution in [2.75, 3.05) is 43.5 Å². The summed E-state index contributed by atoms with van der Waals surface area (Å²) >= 11 is 0. The highest BCUT2D eigenvalue weighted by atomic mass is 19.4. The average molecular weight is 594 g/mol. The first-order valence-corrected chi connectivity index (χ1v) is 15.1. The number of nitrogens with one attached hydrogen (secondary N) is 1. The minimum absolute atomic E-state index is 0.0518. The highest BCUT2D eigenvalue weighted by molar-refractivity contribution is 5.96. The lowest BCUT2D eigenvalue weighted by Crippen LogP contribution is -2.50. The monoisotopic (exact) mass is 593 g/mol. The van der Waals surface area contributed by atoms with E-state index in [4.69, 9.17) is 4.74 Å². The smallest absolute Gasteiger partial charge is 0.419 e. The molecular formula is C33H38F3N5O2. The largest absolute Gasteiger partial charge is 0.494 e. The summed E-state index contributed by atoms with van der Waals surface area (Å²) in [6.45, 7) is 8.12. The molecule has 0 saturated carbocycles. The Kier molecular flexibility index (Phi) is 7.83. The number of anilines is 3. The van der Waals surface area contributed by atoms with Gasteiger partial charge < -0.3 is 19.9 Å². The van der Waals surface area contributed by atoms with Crippen molar-refractivity contribution in [3.05, 3.63) is 70.5 Å². The fraction of sp³-hybridized carbons (Fsp3) is 0.485. The van der Waals surface area contributed by atoms with E-state index in [1.54, 1.807) is 7.11 Å². The molecule has 1 N–H and O–H groups in total. The van der Waals surface area contributed by atoms with Crippen molar-refractivity contribution < 1.29 is 22.7 Å². The van der Waals surface area contributed by atoms with Gasteiger partial charge >= 0.3 is 6.18 Å². The van der Waals surface area contributed by atoms with Crippen molar-refractivity contribution >= 4 is 23.1 Å². The predicted octanol–water partition coefficient (Wildman–Crippen LogP) is 6.11. The summed E-state index contributed by atoms with van der Waals surface area (Å²) in [5.41, 5.74) is 2.77. The summed E-state index contributed by atoms with van der Waals surface area (Å²) in [4.78, 5) is 25.9. The fourth-order valence-corrected chi connectivity index (χ4v) is 6.80. The van der Waals surface area contributed by atoms with Crippen LogP contribution in [0.3, 0.4) is 0 Å². The van der Waals surface area contributed by atoms with Gasteiger partial charge in [-0.2, -0.15) is 13.2 Å². The number of methoxy groups -OCH3 is 1. The van der Waals surface area contributed by atoms with E-state index in [9.17, 15) is 18.0 Å². The van der Waals surface area contributed by atoms with Crippen molar-refractivity contribution in [1.82, 2.24) is 14.9 Å². The van der Waals surface area contributed by atoms with Gasteiger partial charge in [-0.3, -0.25) is 4.79 Å². The number of hydrogen-bond acceptors (Lipinski definition) is 7. The number of piperidine rings is 1. The van der Waals surface area contributed by atoms with Gasteiger partial charge in [0.05, 0.1) is 24.1 Å². The molecule has 1 aliphatic carbocycles. The van der Waals surface area contributed by atoms with Crippen LogP contribution >= 0.6 is 0 Å². The number of ketones is 1. The number of ether oxygens (including phenoxy) is 1. The molecule has 10 heteroatoms. The molecule has 3 heterocycles. The zero-order chi connectivity index (χ0) is 30.4. The number of alkyl halides is 3. The summed E-state index contributed by atoms with van der Waals surface area (Å²) in [7, 11) is 1.57. The van der Waals surface area contributed by atoms with Crippen LogP contribution in [-0.2, 0) is 35.6 Å². The van der Waals surface area contributed by atoms with E-state index < -0.39 is 17.2 Å². The molecule has 3 aromatic rings. The summed E-state index contributed by atoms with van der Waals surface area (Å²) < 4.78 is 47.6. The molecule has 3 aliphatic rings. The van der Waals surface area contributed by atoms with Crippen molar-refractivity contribution in [3.63, 3.8) is 0 Å². The number of nitrogens with zero attached hydrogens (tertiary/aromatic N) is 4. The average Bonchev–Trinajstić information content (AvgIpc) is 3.19.